The Hall–Kier alpha value is -2.73. The van der Waals surface area contributed by atoms with Crippen LogP contribution in [0.4, 0.5) is 0 Å². The monoisotopic (exact) mass is 472 g/mol. The summed E-state index contributed by atoms with van der Waals surface area (Å²) in [6.07, 6.45) is 4.35. The molecule has 178 valence electrons. The van der Waals surface area contributed by atoms with Crippen LogP contribution in [-0.4, -0.2) is 35.3 Å². The van der Waals surface area contributed by atoms with Gasteiger partial charge in [0, 0.05) is 17.5 Å². The van der Waals surface area contributed by atoms with E-state index >= 15 is 0 Å². The number of rotatable bonds is 13. The molecule has 0 bridgehead atoms. The number of hydrogen-bond acceptors (Lipinski definition) is 5. The number of carbonyl (C=O) groups is 1. The molecule has 33 heavy (non-hydrogen) atoms. The van der Waals surface area contributed by atoms with Gasteiger partial charge in [-0.05, 0) is 56.5 Å². The molecule has 3 aromatic rings. The largest absolute Gasteiger partial charge is 0.494 e. The van der Waals surface area contributed by atoms with E-state index in [4.69, 9.17) is 30.8 Å². The van der Waals surface area contributed by atoms with E-state index in [2.05, 4.69) is 11.5 Å². The molecule has 0 atom stereocenters. The third-order valence-corrected chi connectivity index (χ3v) is 5.73. The minimum Gasteiger partial charge on any atom is -0.494 e. The normalized spacial score (nSPS) is 11.0. The first-order valence-electron chi connectivity index (χ1n) is 11.7. The fourth-order valence-electron chi connectivity index (χ4n) is 3.62. The number of imidazole rings is 1. The van der Waals surface area contributed by atoms with E-state index in [1.54, 1.807) is 6.92 Å². The van der Waals surface area contributed by atoms with Gasteiger partial charge in [-0.15, -0.1) is 0 Å². The lowest BCUT2D eigenvalue weighted by Crippen LogP contribution is -2.06. The van der Waals surface area contributed by atoms with Crippen LogP contribution in [0.25, 0.3) is 11.0 Å². The van der Waals surface area contributed by atoms with Gasteiger partial charge >= 0.3 is 5.97 Å². The van der Waals surface area contributed by atoms with Crippen molar-refractivity contribution < 1.29 is 19.0 Å². The highest BCUT2D eigenvalue weighted by molar-refractivity contribution is 6.31. The maximum atomic E-state index is 11.4. The van der Waals surface area contributed by atoms with Crippen molar-refractivity contribution in [3.63, 3.8) is 0 Å². The third-order valence-electron chi connectivity index (χ3n) is 5.38. The zero-order chi connectivity index (χ0) is 23.6. The summed E-state index contributed by atoms with van der Waals surface area (Å²) in [6, 6.07) is 11.7. The van der Waals surface area contributed by atoms with Crippen molar-refractivity contribution in [3.05, 3.63) is 52.8 Å². The highest BCUT2D eigenvalue weighted by Crippen LogP contribution is 2.27. The van der Waals surface area contributed by atoms with Gasteiger partial charge in [0.1, 0.15) is 17.3 Å². The van der Waals surface area contributed by atoms with E-state index in [9.17, 15) is 4.79 Å². The minimum atomic E-state index is -0.194. The second kappa shape index (κ2) is 12.5. The van der Waals surface area contributed by atoms with Gasteiger partial charge in [-0.1, -0.05) is 37.4 Å². The Labute approximate surface area is 200 Å². The number of halogens is 1. The Bertz CT molecular complexity index is 1060. The molecule has 0 fully saturated rings. The number of ether oxygens (including phenoxy) is 3. The van der Waals surface area contributed by atoms with Crippen LogP contribution >= 0.6 is 11.6 Å². The van der Waals surface area contributed by atoms with Gasteiger partial charge in [0.05, 0.1) is 37.4 Å². The lowest BCUT2D eigenvalue weighted by atomic mass is 10.2. The third kappa shape index (κ3) is 7.13. The summed E-state index contributed by atoms with van der Waals surface area (Å²) in [5, 5.41) is 0.686. The van der Waals surface area contributed by atoms with Gasteiger partial charge in [-0.2, -0.15) is 0 Å². The van der Waals surface area contributed by atoms with Crippen molar-refractivity contribution in [2.75, 3.05) is 19.8 Å². The Morgan fingerprint density at radius 1 is 1.00 bits per heavy atom. The highest BCUT2D eigenvalue weighted by Gasteiger charge is 2.12. The van der Waals surface area contributed by atoms with Crippen molar-refractivity contribution in [1.29, 1.82) is 0 Å². The molecular formula is C26H33ClN2O4. The van der Waals surface area contributed by atoms with E-state index in [-0.39, 0.29) is 5.97 Å². The van der Waals surface area contributed by atoms with Crippen LogP contribution < -0.4 is 9.47 Å². The maximum Gasteiger partial charge on any atom is 0.305 e. The first-order valence-corrected chi connectivity index (χ1v) is 12.1. The first kappa shape index (κ1) is 24.9. The van der Waals surface area contributed by atoms with E-state index in [1.165, 1.54) is 12.8 Å². The van der Waals surface area contributed by atoms with Crippen LogP contribution in [0.1, 0.15) is 57.3 Å². The summed E-state index contributed by atoms with van der Waals surface area (Å²) in [5.41, 5.74) is 2.89. The number of esters is 1. The molecular weight excluding hydrogens is 440 g/mol. The molecule has 0 radical (unpaired) electrons. The molecule has 2 aromatic carbocycles. The van der Waals surface area contributed by atoms with Gasteiger partial charge < -0.3 is 18.8 Å². The van der Waals surface area contributed by atoms with Crippen LogP contribution in [0.3, 0.4) is 0 Å². The number of nitrogens with zero attached hydrogens (tertiary/aromatic N) is 2. The van der Waals surface area contributed by atoms with Crippen molar-refractivity contribution in [3.8, 4) is 11.5 Å². The van der Waals surface area contributed by atoms with Gasteiger partial charge in [0.2, 0.25) is 0 Å². The second-order valence-electron chi connectivity index (χ2n) is 7.96. The molecule has 1 heterocycles. The summed E-state index contributed by atoms with van der Waals surface area (Å²) in [4.78, 5) is 16.1. The molecule has 0 saturated heterocycles. The van der Waals surface area contributed by atoms with Crippen molar-refractivity contribution >= 4 is 28.6 Å². The molecule has 0 unspecified atom stereocenters. The van der Waals surface area contributed by atoms with Crippen LogP contribution in [0, 0.1) is 6.92 Å². The average Bonchev–Trinajstić information content (AvgIpc) is 3.10. The van der Waals surface area contributed by atoms with Gasteiger partial charge in [-0.25, -0.2) is 4.98 Å². The SMILES string of the molecule is CCCCCOc1ccc(Cn2c(C)nc3cc(OCCCC(=O)OCC)ccc32)c(Cl)c1. The van der Waals surface area contributed by atoms with Gasteiger partial charge in [-0.3, -0.25) is 4.79 Å². The van der Waals surface area contributed by atoms with E-state index in [0.29, 0.717) is 44.2 Å². The lowest BCUT2D eigenvalue weighted by Gasteiger charge is -2.12. The summed E-state index contributed by atoms with van der Waals surface area (Å²) in [6.45, 7) is 8.15. The standard InChI is InChI=1S/C26H33ClN2O4/c1-4-6-7-14-32-21-11-10-20(23(27)16-21)18-29-19(3)28-24-17-22(12-13-25(24)29)33-15-8-9-26(30)31-5-2/h10-13,16-17H,4-9,14-15,18H2,1-3H3. The predicted octanol–water partition coefficient (Wildman–Crippen LogP) is 6.34. The number of carbonyl (C=O) groups excluding carboxylic acids is 1. The summed E-state index contributed by atoms with van der Waals surface area (Å²) in [5.74, 6) is 2.25. The van der Waals surface area contributed by atoms with Crippen molar-refractivity contribution in [1.82, 2.24) is 9.55 Å². The Morgan fingerprint density at radius 2 is 1.73 bits per heavy atom. The smallest absolute Gasteiger partial charge is 0.305 e. The van der Waals surface area contributed by atoms with E-state index < -0.39 is 0 Å². The maximum absolute atomic E-state index is 11.4. The molecule has 6 nitrogen and oxygen atoms in total. The number of unbranched alkanes of at least 4 members (excludes halogenated alkanes) is 2. The Morgan fingerprint density at radius 3 is 2.45 bits per heavy atom. The zero-order valence-corrected chi connectivity index (χ0v) is 20.5. The fourth-order valence-corrected chi connectivity index (χ4v) is 3.85. The predicted molar refractivity (Wildman–Crippen MR) is 131 cm³/mol. The molecule has 0 saturated carbocycles. The summed E-state index contributed by atoms with van der Waals surface area (Å²) in [7, 11) is 0. The number of aromatic nitrogens is 2. The topological polar surface area (TPSA) is 62.6 Å². The van der Waals surface area contributed by atoms with E-state index in [0.717, 1.165) is 40.3 Å². The second-order valence-corrected chi connectivity index (χ2v) is 8.37. The molecule has 7 heteroatoms. The van der Waals surface area contributed by atoms with E-state index in [1.807, 2.05) is 43.3 Å². The van der Waals surface area contributed by atoms with Crippen LogP contribution in [-0.2, 0) is 16.1 Å². The number of benzene rings is 2. The molecule has 0 amide bonds. The van der Waals surface area contributed by atoms with Crippen LogP contribution in [0.5, 0.6) is 11.5 Å². The minimum absolute atomic E-state index is 0.194. The first-order chi connectivity index (χ1) is 16.0. The number of fused-ring (bicyclic) bond motifs is 1. The summed E-state index contributed by atoms with van der Waals surface area (Å²) < 4.78 is 18.7. The number of aryl methyl sites for hydroxylation is 1. The highest BCUT2D eigenvalue weighted by atomic mass is 35.5. The lowest BCUT2D eigenvalue weighted by molar-refractivity contribution is -0.143. The average molecular weight is 473 g/mol. The molecule has 0 aliphatic carbocycles. The molecule has 0 aliphatic heterocycles. The van der Waals surface area contributed by atoms with Crippen molar-refractivity contribution in [2.24, 2.45) is 0 Å². The Kier molecular flexibility index (Phi) is 9.43. The molecule has 0 aliphatic rings. The molecule has 1 aromatic heterocycles. The van der Waals surface area contributed by atoms with Gasteiger partial charge in [0.25, 0.3) is 0 Å². The molecule has 0 N–H and O–H groups in total. The van der Waals surface area contributed by atoms with Gasteiger partial charge in [0.15, 0.2) is 0 Å². The molecule has 3 rings (SSSR count). The van der Waals surface area contributed by atoms with Crippen LogP contribution in [0.2, 0.25) is 5.02 Å². The number of hydrogen-bond donors (Lipinski definition) is 0. The zero-order valence-electron chi connectivity index (χ0n) is 19.7. The quantitative estimate of drug-likeness (QED) is 0.214. The van der Waals surface area contributed by atoms with Crippen LogP contribution in [0.15, 0.2) is 36.4 Å². The molecule has 0 spiro atoms. The Balaban J connectivity index is 1.63. The summed E-state index contributed by atoms with van der Waals surface area (Å²) >= 11 is 6.56. The fraction of sp³-hybridized carbons (Fsp3) is 0.462. The van der Waals surface area contributed by atoms with Crippen molar-refractivity contribution in [2.45, 2.75) is 59.4 Å².